The van der Waals surface area contributed by atoms with E-state index in [4.69, 9.17) is 26.6 Å². The summed E-state index contributed by atoms with van der Waals surface area (Å²) >= 11 is 0. The van der Waals surface area contributed by atoms with E-state index in [1.807, 2.05) is 41.5 Å². The monoisotopic (exact) mass is 453 g/mol. The first kappa shape index (κ1) is 29.2. The molecule has 0 aromatic carbocycles. The lowest BCUT2D eigenvalue weighted by atomic mass is 10.3. The van der Waals surface area contributed by atoms with Crippen molar-refractivity contribution in [3.8, 4) is 0 Å². The minimum atomic E-state index is -2.49. The number of hydrogen-bond acceptors (Lipinski definition) is 7. The predicted molar refractivity (Wildman–Crippen MR) is 122 cm³/mol. The van der Waals surface area contributed by atoms with Crippen molar-refractivity contribution >= 4 is 17.6 Å². The topological polar surface area (TPSA) is 67.4 Å². The second kappa shape index (κ2) is 18.9. The van der Waals surface area contributed by atoms with E-state index in [9.17, 15) is 0 Å². The lowest BCUT2D eigenvalue weighted by Gasteiger charge is -2.28. The van der Waals surface area contributed by atoms with Crippen LogP contribution in [0.1, 0.15) is 67.2 Å². The third kappa shape index (κ3) is 13.2. The van der Waals surface area contributed by atoms with Gasteiger partial charge in [0.2, 0.25) is 0 Å². The van der Waals surface area contributed by atoms with Crippen molar-refractivity contribution in [3.63, 3.8) is 0 Å². The smallest absolute Gasteiger partial charge is 0.374 e. The molecule has 0 aliphatic heterocycles. The lowest BCUT2D eigenvalue weighted by molar-refractivity contribution is 0.0700. The van der Waals surface area contributed by atoms with E-state index < -0.39 is 17.6 Å². The highest BCUT2D eigenvalue weighted by atomic mass is 28.4. The maximum Gasteiger partial charge on any atom is 0.500 e. The van der Waals surface area contributed by atoms with Crippen LogP contribution in [0.2, 0.25) is 12.1 Å². The van der Waals surface area contributed by atoms with Gasteiger partial charge < -0.3 is 31.9 Å². The molecule has 0 aliphatic rings. The molecule has 9 heteroatoms. The summed E-state index contributed by atoms with van der Waals surface area (Å²) in [6.45, 7) is 17.8. The Balaban J connectivity index is 4.05. The number of unbranched alkanes of at least 4 members (excludes halogenated alkanes) is 2. The second-order valence-corrected chi connectivity index (χ2v) is 12.1. The summed E-state index contributed by atoms with van der Waals surface area (Å²) < 4.78 is 35.4. The molecule has 0 saturated carbocycles. The Bertz CT molecular complexity index is 300. The maximum atomic E-state index is 5.90. The molecule has 0 amide bonds. The van der Waals surface area contributed by atoms with Crippen molar-refractivity contribution in [1.82, 2.24) is 5.32 Å². The van der Waals surface area contributed by atoms with Crippen LogP contribution in [0.5, 0.6) is 0 Å². The zero-order valence-electron chi connectivity index (χ0n) is 19.8. The molecule has 0 fully saturated rings. The Morgan fingerprint density at radius 3 is 0.966 bits per heavy atom. The molecule has 0 spiro atoms. The predicted octanol–water partition coefficient (Wildman–Crippen LogP) is 4.23. The molecule has 0 rings (SSSR count). The highest BCUT2D eigenvalue weighted by Crippen LogP contribution is 2.20. The summed E-state index contributed by atoms with van der Waals surface area (Å²) in [5, 5.41) is 3.54. The third-order valence-corrected chi connectivity index (χ3v) is 10.7. The molecule has 0 radical (unpaired) electrons. The van der Waals surface area contributed by atoms with Gasteiger partial charge in [0.05, 0.1) is 0 Å². The molecule has 0 aromatic heterocycles. The van der Waals surface area contributed by atoms with Gasteiger partial charge in [0, 0.05) is 51.7 Å². The van der Waals surface area contributed by atoms with Crippen molar-refractivity contribution in [2.24, 2.45) is 0 Å². The molecule has 0 aliphatic carbocycles. The van der Waals surface area contributed by atoms with Gasteiger partial charge in [-0.25, -0.2) is 0 Å². The fourth-order valence-corrected chi connectivity index (χ4v) is 8.68. The van der Waals surface area contributed by atoms with Crippen LogP contribution in [0, 0.1) is 0 Å². The molecule has 0 unspecified atom stereocenters. The highest BCUT2D eigenvalue weighted by Gasteiger charge is 2.40. The SMILES string of the molecule is CCO[Si](CCCCNCCCC[Si](OCC)(OCC)OCC)(OCC)OCC. The summed E-state index contributed by atoms with van der Waals surface area (Å²) in [4.78, 5) is 0. The summed E-state index contributed by atoms with van der Waals surface area (Å²) in [6, 6.07) is 1.77. The van der Waals surface area contributed by atoms with Gasteiger partial charge in [0.1, 0.15) is 0 Å². The van der Waals surface area contributed by atoms with Crippen molar-refractivity contribution in [3.05, 3.63) is 0 Å². The molecule has 0 bridgehead atoms. The zero-order valence-corrected chi connectivity index (χ0v) is 21.8. The quantitative estimate of drug-likeness (QED) is 0.194. The molecule has 0 aromatic rings. The van der Waals surface area contributed by atoms with Crippen LogP contribution in [0.4, 0.5) is 0 Å². The summed E-state index contributed by atoms with van der Waals surface area (Å²) in [6.07, 6.45) is 4.29. The van der Waals surface area contributed by atoms with Gasteiger partial charge in [-0.2, -0.15) is 0 Å². The third-order valence-electron chi connectivity index (χ3n) is 4.36. The standard InChI is InChI=1S/C20H47NO6Si2/c1-7-22-28(23-8-2,24-9-3)19-15-13-17-21-18-14-16-20-29(25-10-4,26-11-5)27-12-6/h21H,7-20H2,1-6H3. The number of nitrogens with one attached hydrogen (secondary N) is 1. The van der Waals surface area contributed by atoms with Crippen molar-refractivity contribution in [2.75, 3.05) is 52.7 Å². The van der Waals surface area contributed by atoms with Gasteiger partial charge in [-0.1, -0.05) is 0 Å². The molecule has 0 heterocycles. The molecule has 0 atom stereocenters. The van der Waals surface area contributed by atoms with Gasteiger partial charge in [0.15, 0.2) is 0 Å². The van der Waals surface area contributed by atoms with Gasteiger partial charge in [-0.3, -0.25) is 0 Å². The van der Waals surface area contributed by atoms with Crippen LogP contribution < -0.4 is 5.32 Å². The van der Waals surface area contributed by atoms with E-state index in [0.717, 1.165) is 50.9 Å². The van der Waals surface area contributed by atoms with Gasteiger partial charge in [-0.05, 0) is 80.3 Å². The van der Waals surface area contributed by atoms with E-state index >= 15 is 0 Å². The van der Waals surface area contributed by atoms with Gasteiger partial charge >= 0.3 is 17.6 Å². The van der Waals surface area contributed by atoms with Crippen LogP contribution >= 0.6 is 0 Å². The van der Waals surface area contributed by atoms with E-state index in [1.54, 1.807) is 0 Å². The molecule has 176 valence electrons. The first-order valence-electron chi connectivity index (χ1n) is 11.6. The minimum absolute atomic E-state index is 0.639. The van der Waals surface area contributed by atoms with E-state index in [0.29, 0.717) is 39.6 Å². The van der Waals surface area contributed by atoms with Crippen molar-refractivity contribution < 1.29 is 26.6 Å². The van der Waals surface area contributed by atoms with Crippen molar-refractivity contribution in [1.29, 1.82) is 0 Å². The maximum absolute atomic E-state index is 5.90. The average molecular weight is 454 g/mol. The highest BCUT2D eigenvalue weighted by molar-refractivity contribution is 6.61. The molecular formula is C20H47NO6Si2. The van der Waals surface area contributed by atoms with Crippen LogP contribution in [-0.4, -0.2) is 70.3 Å². The van der Waals surface area contributed by atoms with Crippen LogP contribution in [0.15, 0.2) is 0 Å². The largest absolute Gasteiger partial charge is 0.500 e. The Morgan fingerprint density at radius 2 is 0.724 bits per heavy atom. The molecule has 29 heavy (non-hydrogen) atoms. The van der Waals surface area contributed by atoms with E-state index in [2.05, 4.69) is 5.32 Å². The minimum Gasteiger partial charge on any atom is -0.374 e. The van der Waals surface area contributed by atoms with Gasteiger partial charge in [0.25, 0.3) is 0 Å². The first-order chi connectivity index (χ1) is 14.1. The fourth-order valence-electron chi connectivity index (χ4n) is 3.31. The Kier molecular flexibility index (Phi) is 19.0. The molecule has 0 saturated heterocycles. The van der Waals surface area contributed by atoms with Gasteiger partial charge in [-0.15, -0.1) is 0 Å². The molecule has 7 nitrogen and oxygen atoms in total. The van der Waals surface area contributed by atoms with E-state index in [-0.39, 0.29) is 0 Å². The van der Waals surface area contributed by atoms with Crippen LogP contribution in [0.3, 0.4) is 0 Å². The fraction of sp³-hybridized carbons (Fsp3) is 1.00. The zero-order chi connectivity index (χ0) is 21.8. The Hall–Kier alpha value is 0.154. The molecule has 1 N–H and O–H groups in total. The van der Waals surface area contributed by atoms with E-state index in [1.165, 1.54) is 0 Å². The number of hydrogen-bond donors (Lipinski definition) is 1. The van der Waals surface area contributed by atoms with Crippen LogP contribution in [0.25, 0.3) is 0 Å². The van der Waals surface area contributed by atoms with Crippen LogP contribution in [-0.2, 0) is 26.6 Å². The average Bonchev–Trinajstić information content (AvgIpc) is 2.68. The summed E-state index contributed by atoms with van der Waals surface area (Å²) in [5.74, 6) is 0. The lowest BCUT2D eigenvalue weighted by Crippen LogP contribution is -2.46. The Labute approximate surface area is 181 Å². The Morgan fingerprint density at radius 1 is 0.448 bits per heavy atom. The number of rotatable bonds is 22. The summed E-state index contributed by atoms with van der Waals surface area (Å²) in [7, 11) is -4.97. The normalized spacial score (nSPS) is 12.6. The first-order valence-corrected chi connectivity index (χ1v) is 15.5. The summed E-state index contributed by atoms with van der Waals surface area (Å²) in [5.41, 5.74) is 0. The second-order valence-electron chi connectivity index (χ2n) is 6.63. The molecular weight excluding hydrogens is 406 g/mol. The van der Waals surface area contributed by atoms with Crippen molar-refractivity contribution in [2.45, 2.75) is 79.3 Å².